The van der Waals surface area contributed by atoms with E-state index in [2.05, 4.69) is 47.1 Å². The number of likely N-dealkylation sites (N-methyl/N-ethyl adjacent to an activating group) is 1. The van der Waals surface area contributed by atoms with E-state index in [1.165, 1.54) is 0 Å². The molecule has 6 heteroatoms. The van der Waals surface area contributed by atoms with Gasteiger partial charge in [0.1, 0.15) is 5.82 Å². The van der Waals surface area contributed by atoms with Gasteiger partial charge in [-0.15, -0.1) is 0 Å². The molecular weight excluding hydrogens is 350 g/mol. The van der Waals surface area contributed by atoms with E-state index in [1.807, 2.05) is 19.3 Å². The summed E-state index contributed by atoms with van der Waals surface area (Å²) < 4.78 is 7.50. The van der Waals surface area contributed by atoms with Crippen molar-refractivity contribution < 1.29 is 4.74 Å². The van der Waals surface area contributed by atoms with E-state index >= 15 is 0 Å². The molecule has 1 aromatic heterocycles. The third-order valence-corrected chi connectivity index (χ3v) is 3.74. The second-order valence-corrected chi connectivity index (χ2v) is 5.71. The molecule has 0 amide bonds. The van der Waals surface area contributed by atoms with Gasteiger partial charge in [0.2, 0.25) is 0 Å². The zero-order valence-electron chi connectivity index (χ0n) is 9.62. The number of nitrogens with zero attached hydrogens (tertiary/aromatic N) is 2. The quantitative estimate of drug-likeness (QED) is 0.890. The fourth-order valence-corrected chi connectivity index (χ4v) is 3.17. The lowest BCUT2D eigenvalue weighted by Crippen LogP contribution is -2.50. The van der Waals surface area contributed by atoms with E-state index in [0.29, 0.717) is 6.04 Å². The molecule has 0 spiro atoms. The van der Waals surface area contributed by atoms with Crippen LogP contribution in [0.5, 0.6) is 0 Å². The van der Waals surface area contributed by atoms with Gasteiger partial charge >= 0.3 is 0 Å². The van der Waals surface area contributed by atoms with Gasteiger partial charge in [-0.1, -0.05) is 0 Å². The van der Waals surface area contributed by atoms with Gasteiger partial charge in [-0.2, -0.15) is 0 Å². The molecule has 1 aromatic rings. The summed E-state index contributed by atoms with van der Waals surface area (Å²) in [4.78, 5) is 6.77. The zero-order valence-corrected chi connectivity index (χ0v) is 12.8. The van der Waals surface area contributed by atoms with E-state index in [-0.39, 0.29) is 0 Å². The van der Waals surface area contributed by atoms with Crippen LogP contribution in [0.25, 0.3) is 0 Å². The van der Waals surface area contributed by atoms with Gasteiger partial charge < -0.3 is 15.0 Å². The number of hydrogen-bond donors (Lipinski definition) is 1. The predicted molar refractivity (Wildman–Crippen MR) is 75.5 cm³/mol. The van der Waals surface area contributed by atoms with E-state index < -0.39 is 0 Å². The maximum atomic E-state index is 5.52. The fraction of sp³-hybridized carbons (Fsp3) is 0.545. The number of nitrogens with one attached hydrogen (secondary N) is 1. The van der Waals surface area contributed by atoms with E-state index in [1.54, 1.807) is 0 Å². The summed E-state index contributed by atoms with van der Waals surface area (Å²) in [5, 5.41) is 3.19. The van der Waals surface area contributed by atoms with Crippen molar-refractivity contribution in [1.29, 1.82) is 0 Å². The van der Waals surface area contributed by atoms with Crippen LogP contribution in [0, 0.1) is 0 Å². The Balaban J connectivity index is 2.23. The molecule has 2 rings (SSSR count). The summed E-state index contributed by atoms with van der Waals surface area (Å²) in [5.41, 5.74) is 0. The van der Waals surface area contributed by atoms with Crippen molar-refractivity contribution in [3.05, 3.63) is 21.2 Å². The van der Waals surface area contributed by atoms with Crippen LogP contribution in [0.4, 0.5) is 5.82 Å². The van der Waals surface area contributed by atoms with Crippen molar-refractivity contribution in [3.8, 4) is 0 Å². The van der Waals surface area contributed by atoms with Gasteiger partial charge in [-0.05, 0) is 45.0 Å². The van der Waals surface area contributed by atoms with Crippen molar-refractivity contribution in [1.82, 2.24) is 10.3 Å². The molecule has 94 valence electrons. The van der Waals surface area contributed by atoms with Crippen LogP contribution in [0.15, 0.2) is 21.2 Å². The van der Waals surface area contributed by atoms with Crippen molar-refractivity contribution >= 4 is 37.7 Å². The van der Waals surface area contributed by atoms with Crippen LogP contribution in [0.1, 0.15) is 0 Å². The molecule has 0 bridgehead atoms. The average Bonchev–Trinajstić information content (AvgIpc) is 2.31. The molecule has 1 atom stereocenters. The van der Waals surface area contributed by atoms with Gasteiger partial charge in [-0.3, -0.25) is 0 Å². The van der Waals surface area contributed by atoms with Gasteiger partial charge in [0, 0.05) is 23.8 Å². The van der Waals surface area contributed by atoms with Gasteiger partial charge in [0.05, 0.1) is 23.7 Å². The molecule has 4 nitrogen and oxygen atoms in total. The summed E-state index contributed by atoms with van der Waals surface area (Å²) >= 11 is 6.98. The maximum Gasteiger partial charge on any atom is 0.143 e. The highest BCUT2D eigenvalue weighted by atomic mass is 79.9. The third kappa shape index (κ3) is 3.19. The van der Waals surface area contributed by atoms with Crippen molar-refractivity contribution in [2.24, 2.45) is 0 Å². The monoisotopic (exact) mass is 363 g/mol. The minimum atomic E-state index is 0.332. The largest absolute Gasteiger partial charge is 0.377 e. The summed E-state index contributed by atoms with van der Waals surface area (Å²) in [6, 6.07) is 2.35. The summed E-state index contributed by atoms with van der Waals surface area (Å²) in [6.07, 6.45) is 1.83. The van der Waals surface area contributed by atoms with Crippen LogP contribution in [-0.2, 0) is 4.74 Å². The molecule has 1 aliphatic rings. The molecule has 17 heavy (non-hydrogen) atoms. The topological polar surface area (TPSA) is 37.4 Å². The second-order valence-electron chi connectivity index (χ2n) is 3.94. The van der Waals surface area contributed by atoms with Gasteiger partial charge in [-0.25, -0.2) is 4.98 Å². The first-order valence-electron chi connectivity index (χ1n) is 5.52. The molecule has 0 aliphatic carbocycles. The Morgan fingerprint density at radius 3 is 3.12 bits per heavy atom. The average molecular weight is 365 g/mol. The van der Waals surface area contributed by atoms with E-state index in [4.69, 9.17) is 4.74 Å². The number of morpholine rings is 1. The Morgan fingerprint density at radius 1 is 1.59 bits per heavy atom. The van der Waals surface area contributed by atoms with Crippen molar-refractivity contribution in [2.45, 2.75) is 6.04 Å². The molecule has 0 aromatic carbocycles. The molecule has 1 N–H and O–H groups in total. The standard InChI is InChI=1S/C11H15Br2N3O/c1-14-6-9-7-17-3-2-16(9)11-10(13)4-8(12)5-15-11/h4-5,9,14H,2-3,6-7H2,1H3. The normalized spacial score (nSPS) is 20.6. The first-order chi connectivity index (χ1) is 8.22. The number of halogens is 2. The Morgan fingerprint density at radius 2 is 2.41 bits per heavy atom. The first-order valence-corrected chi connectivity index (χ1v) is 7.11. The van der Waals surface area contributed by atoms with E-state index in [0.717, 1.165) is 41.1 Å². The van der Waals surface area contributed by atoms with Crippen LogP contribution in [0.3, 0.4) is 0 Å². The number of pyridine rings is 1. The summed E-state index contributed by atoms with van der Waals surface area (Å²) in [7, 11) is 1.96. The highest BCUT2D eigenvalue weighted by molar-refractivity contribution is 9.11. The van der Waals surface area contributed by atoms with Crippen LogP contribution < -0.4 is 10.2 Å². The number of aromatic nitrogens is 1. The lowest BCUT2D eigenvalue weighted by atomic mass is 10.2. The number of ether oxygens (including phenoxy) is 1. The minimum Gasteiger partial charge on any atom is -0.377 e. The maximum absolute atomic E-state index is 5.52. The molecule has 1 fully saturated rings. The second kappa shape index (κ2) is 6.13. The molecule has 1 aliphatic heterocycles. The number of rotatable bonds is 3. The molecule has 1 unspecified atom stereocenters. The number of hydrogen-bond acceptors (Lipinski definition) is 4. The van der Waals surface area contributed by atoms with Gasteiger partial charge in [0.15, 0.2) is 0 Å². The number of anilines is 1. The lowest BCUT2D eigenvalue weighted by molar-refractivity contribution is 0.0938. The third-order valence-electron chi connectivity index (χ3n) is 2.73. The van der Waals surface area contributed by atoms with Crippen molar-refractivity contribution in [3.63, 3.8) is 0 Å². The summed E-state index contributed by atoms with van der Waals surface area (Å²) in [5.74, 6) is 0.983. The Kier molecular flexibility index (Phi) is 4.78. The van der Waals surface area contributed by atoms with Crippen molar-refractivity contribution in [2.75, 3.05) is 38.3 Å². The SMILES string of the molecule is CNCC1COCCN1c1ncc(Br)cc1Br. The van der Waals surface area contributed by atoms with Crippen LogP contribution >= 0.6 is 31.9 Å². The Bertz CT molecular complexity index is 387. The molecular formula is C11H15Br2N3O. The van der Waals surface area contributed by atoms with Crippen LogP contribution in [-0.4, -0.2) is 44.4 Å². The van der Waals surface area contributed by atoms with E-state index in [9.17, 15) is 0 Å². The molecule has 0 saturated carbocycles. The molecule has 0 radical (unpaired) electrons. The molecule has 2 heterocycles. The minimum absolute atomic E-state index is 0.332. The predicted octanol–water partition coefficient (Wildman–Crippen LogP) is 2.03. The molecule has 1 saturated heterocycles. The Labute approximate surface area is 118 Å². The summed E-state index contributed by atoms with van der Waals surface area (Å²) in [6.45, 7) is 3.26. The fourth-order valence-electron chi connectivity index (χ4n) is 1.96. The smallest absolute Gasteiger partial charge is 0.143 e. The lowest BCUT2D eigenvalue weighted by Gasteiger charge is -2.36. The first kappa shape index (κ1) is 13.3. The van der Waals surface area contributed by atoms with Gasteiger partial charge in [0.25, 0.3) is 0 Å². The van der Waals surface area contributed by atoms with Crippen LogP contribution in [0.2, 0.25) is 0 Å². The highest BCUT2D eigenvalue weighted by Gasteiger charge is 2.25. The zero-order chi connectivity index (χ0) is 12.3. The Hall–Kier alpha value is -0.170. The highest BCUT2D eigenvalue weighted by Crippen LogP contribution is 2.28.